The Balaban J connectivity index is 2.19. The summed E-state index contributed by atoms with van der Waals surface area (Å²) in [6, 6.07) is 4.19. The Labute approximate surface area is 110 Å². The summed E-state index contributed by atoms with van der Waals surface area (Å²) < 4.78 is 10.2. The zero-order chi connectivity index (χ0) is 13.8. The molecule has 0 bridgehead atoms. The number of carboxylic acids is 1. The van der Waals surface area contributed by atoms with Crippen LogP contribution in [0.4, 0.5) is 0 Å². The molecule has 19 heavy (non-hydrogen) atoms. The van der Waals surface area contributed by atoms with E-state index in [4.69, 9.17) is 14.6 Å². The fourth-order valence-electron chi connectivity index (χ4n) is 1.89. The second-order valence-electron chi connectivity index (χ2n) is 4.29. The van der Waals surface area contributed by atoms with E-state index in [1.165, 1.54) is 25.3 Å². The number of methoxy groups -OCH3 is 1. The maximum absolute atomic E-state index is 12.0. The molecule has 1 fully saturated rings. The minimum atomic E-state index is -1.10. The van der Waals surface area contributed by atoms with Gasteiger partial charge in [0.1, 0.15) is 5.75 Å². The minimum Gasteiger partial charge on any atom is -0.497 e. The third-order valence-corrected chi connectivity index (χ3v) is 2.92. The Morgan fingerprint density at radius 3 is 2.68 bits per heavy atom. The van der Waals surface area contributed by atoms with Gasteiger partial charge in [0, 0.05) is 12.2 Å². The highest BCUT2D eigenvalue weighted by molar-refractivity contribution is 5.98. The van der Waals surface area contributed by atoms with E-state index in [0.717, 1.165) is 6.42 Å². The summed E-state index contributed by atoms with van der Waals surface area (Å²) in [6.45, 7) is 1.12. The highest BCUT2D eigenvalue weighted by Crippen LogP contribution is 2.17. The fraction of sp³-hybridized carbons (Fsp3) is 0.385. The molecule has 0 saturated carbocycles. The van der Waals surface area contributed by atoms with Crippen LogP contribution in [-0.2, 0) is 4.74 Å². The van der Waals surface area contributed by atoms with E-state index in [-0.39, 0.29) is 23.1 Å². The van der Waals surface area contributed by atoms with Crippen molar-refractivity contribution in [2.45, 2.75) is 12.5 Å². The number of carbonyl (C=O) groups is 2. The predicted octanol–water partition coefficient (Wildman–Crippen LogP) is 0.912. The van der Waals surface area contributed by atoms with E-state index in [0.29, 0.717) is 19.0 Å². The summed E-state index contributed by atoms with van der Waals surface area (Å²) in [7, 11) is 1.42. The normalized spacial score (nSPS) is 18.1. The summed E-state index contributed by atoms with van der Waals surface area (Å²) in [5.74, 6) is -1.08. The maximum Gasteiger partial charge on any atom is 0.335 e. The molecule has 102 valence electrons. The molecule has 0 radical (unpaired) electrons. The van der Waals surface area contributed by atoms with Crippen molar-refractivity contribution in [1.82, 2.24) is 5.32 Å². The minimum absolute atomic E-state index is 0.0205. The molecule has 1 aliphatic rings. The Hall–Kier alpha value is -2.08. The van der Waals surface area contributed by atoms with E-state index in [1.54, 1.807) is 0 Å². The molecule has 1 atom stereocenters. The second-order valence-corrected chi connectivity index (χ2v) is 4.29. The first-order valence-corrected chi connectivity index (χ1v) is 5.91. The smallest absolute Gasteiger partial charge is 0.335 e. The Kier molecular flexibility index (Phi) is 4.01. The molecule has 0 aromatic heterocycles. The number of amides is 1. The van der Waals surface area contributed by atoms with Crippen LogP contribution in [0.2, 0.25) is 0 Å². The summed E-state index contributed by atoms with van der Waals surface area (Å²) >= 11 is 0. The summed E-state index contributed by atoms with van der Waals surface area (Å²) in [4.78, 5) is 23.0. The first-order chi connectivity index (χ1) is 9.10. The molecular weight excluding hydrogens is 250 g/mol. The molecule has 2 rings (SSSR count). The van der Waals surface area contributed by atoms with Gasteiger partial charge in [0.25, 0.3) is 5.91 Å². The monoisotopic (exact) mass is 265 g/mol. The van der Waals surface area contributed by atoms with E-state index < -0.39 is 5.97 Å². The average Bonchev–Trinajstić information content (AvgIpc) is 2.90. The number of rotatable bonds is 4. The van der Waals surface area contributed by atoms with E-state index >= 15 is 0 Å². The Bertz CT molecular complexity index is 494. The molecule has 1 aromatic rings. The average molecular weight is 265 g/mol. The van der Waals surface area contributed by atoms with Gasteiger partial charge in [0.05, 0.1) is 25.3 Å². The van der Waals surface area contributed by atoms with Gasteiger partial charge in [0.2, 0.25) is 0 Å². The highest BCUT2D eigenvalue weighted by atomic mass is 16.5. The molecule has 0 spiro atoms. The number of ether oxygens (including phenoxy) is 2. The molecule has 0 aliphatic carbocycles. The van der Waals surface area contributed by atoms with Gasteiger partial charge < -0.3 is 19.9 Å². The number of carboxylic acid groups (broad SMARTS) is 1. The van der Waals surface area contributed by atoms with Crippen molar-refractivity contribution in [3.05, 3.63) is 29.3 Å². The first kappa shape index (κ1) is 13.4. The lowest BCUT2D eigenvalue weighted by Crippen LogP contribution is -2.35. The van der Waals surface area contributed by atoms with E-state index in [2.05, 4.69) is 5.32 Å². The van der Waals surface area contributed by atoms with Gasteiger partial charge >= 0.3 is 5.97 Å². The zero-order valence-corrected chi connectivity index (χ0v) is 10.5. The van der Waals surface area contributed by atoms with Gasteiger partial charge in [-0.05, 0) is 24.6 Å². The number of hydrogen-bond donors (Lipinski definition) is 2. The molecular formula is C13H15NO5. The van der Waals surface area contributed by atoms with Crippen molar-refractivity contribution < 1.29 is 24.2 Å². The van der Waals surface area contributed by atoms with Gasteiger partial charge in [-0.3, -0.25) is 4.79 Å². The van der Waals surface area contributed by atoms with Crippen molar-refractivity contribution in [2.75, 3.05) is 20.3 Å². The molecule has 6 nitrogen and oxygen atoms in total. The van der Waals surface area contributed by atoms with Crippen molar-refractivity contribution in [2.24, 2.45) is 0 Å². The van der Waals surface area contributed by atoms with Crippen molar-refractivity contribution in [3.63, 3.8) is 0 Å². The lowest BCUT2D eigenvalue weighted by atomic mass is 10.1. The van der Waals surface area contributed by atoms with Crippen LogP contribution in [0.5, 0.6) is 5.75 Å². The lowest BCUT2D eigenvalue weighted by molar-refractivity contribution is 0.0696. The number of aromatic carboxylic acids is 1. The number of carbonyl (C=O) groups excluding carboxylic acids is 1. The van der Waals surface area contributed by atoms with Crippen LogP contribution in [0.3, 0.4) is 0 Å². The van der Waals surface area contributed by atoms with Crippen LogP contribution in [0.15, 0.2) is 18.2 Å². The fourth-order valence-corrected chi connectivity index (χ4v) is 1.89. The summed E-state index contributed by atoms with van der Waals surface area (Å²) in [6.07, 6.45) is 0.765. The van der Waals surface area contributed by atoms with Crippen LogP contribution in [0, 0.1) is 0 Å². The maximum atomic E-state index is 12.0. The highest BCUT2D eigenvalue weighted by Gasteiger charge is 2.20. The van der Waals surface area contributed by atoms with Crippen molar-refractivity contribution in [3.8, 4) is 5.75 Å². The van der Waals surface area contributed by atoms with Crippen LogP contribution < -0.4 is 10.1 Å². The molecule has 2 N–H and O–H groups in total. The molecule has 1 aromatic carbocycles. The standard InChI is InChI=1S/C13H15NO5/c1-18-11-5-8(4-9(6-11)13(16)17)12(15)14-10-2-3-19-7-10/h4-6,10H,2-3,7H2,1H3,(H,14,15)(H,16,17)/t10-/m0/s1. The largest absolute Gasteiger partial charge is 0.497 e. The molecule has 1 amide bonds. The van der Waals surface area contributed by atoms with Crippen molar-refractivity contribution >= 4 is 11.9 Å². The topological polar surface area (TPSA) is 84.9 Å². The molecule has 1 saturated heterocycles. The second kappa shape index (κ2) is 5.71. The predicted molar refractivity (Wildman–Crippen MR) is 66.6 cm³/mol. The van der Waals surface area contributed by atoms with Gasteiger partial charge in [0.15, 0.2) is 0 Å². The van der Waals surface area contributed by atoms with E-state index in [9.17, 15) is 9.59 Å². The summed E-state index contributed by atoms with van der Waals surface area (Å²) in [5.41, 5.74) is 0.288. The van der Waals surface area contributed by atoms with Crippen LogP contribution in [0.1, 0.15) is 27.1 Å². The third-order valence-electron chi connectivity index (χ3n) is 2.92. The lowest BCUT2D eigenvalue weighted by Gasteiger charge is -2.12. The molecule has 0 unspecified atom stereocenters. The van der Waals surface area contributed by atoms with Crippen LogP contribution in [-0.4, -0.2) is 43.3 Å². The van der Waals surface area contributed by atoms with Crippen LogP contribution >= 0.6 is 0 Å². The Morgan fingerprint density at radius 1 is 1.37 bits per heavy atom. The van der Waals surface area contributed by atoms with Gasteiger partial charge in [-0.25, -0.2) is 4.79 Å². The molecule has 1 aliphatic heterocycles. The van der Waals surface area contributed by atoms with Gasteiger partial charge in [-0.1, -0.05) is 0 Å². The number of hydrogen-bond acceptors (Lipinski definition) is 4. The Morgan fingerprint density at radius 2 is 2.11 bits per heavy atom. The first-order valence-electron chi connectivity index (χ1n) is 5.91. The molecule has 6 heteroatoms. The van der Waals surface area contributed by atoms with Crippen LogP contribution in [0.25, 0.3) is 0 Å². The SMILES string of the molecule is COc1cc(C(=O)O)cc(C(=O)N[C@H]2CCOC2)c1. The molecule has 1 heterocycles. The van der Waals surface area contributed by atoms with E-state index in [1.807, 2.05) is 0 Å². The van der Waals surface area contributed by atoms with Crippen molar-refractivity contribution in [1.29, 1.82) is 0 Å². The van der Waals surface area contributed by atoms with Gasteiger partial charge in [-0.15, -0.1) is 0 Å². The zero-order valence-electron chi connectivity index (χ0n) is 10.5. The quantitative estimate of drug-likeness (QED) is 0.845. The summed E-state index contributed by atoms with van der Waals surface area (Å²) in [5, 5.41) is 11.8. The number of benzene rings is 1. The number of nitrogens with one attached hydrogen (secondary N) is 1. The third kappa shape index (κ3) is 3.23. The van der Waals surface area contributed by atoms with Gasteiger partial charge in [-0.2, -0.15) is 0 Å².